The fourth-order valence-corrected chi connectivity index (χ4v) is 0.261. The van der Waals surface area contributed by atoms with Crippen molar-refractivity contribution in [2.75, 3.05) is 0 Å². The maximum Gasteiger partial charge on any atom is 0.392 e. The quantitative estimate of drug-likeness (QED) is 0.172. The average molecular weight is 138 g/mol. The summed E-state index contributed by atoms with van der Waals surface area (Å²) in [6.45, 7) is 4.57. The third-order valence-corrected chi connectivity index (χ3v) is 0.587. The van der Waals surface area contributed by atoms with Crippen molar-refractivity contribution >= 4 is 11.9 Å². The number of esters is 2. The van der Waals surface area contributed by atoms with Crippen LogP contribution in [-0.4, -0.2) is 11.9 Å². The summed E-state index contributed by atoms with van der Waals surface area (Å²) >= 11 is 0. The highest BCUT2D eigenvalue weighted by Gasteiger charge is 2.00. The van der Waals surface area contributed by atoms with Crippen LogP contribution in [0.5, 0.6) is 0 Å². The van der Waals surface area contributed by atoms with Crippen LogP contribution < -0.4 is 0 Å². The smallest absolute Gasteiger partial charge is 0.380 e. The van der Waals surface area contributed by atoms with E-state index in [4.69, 9.17) is 0 Å². The molecule has 3 heteroatoms. The molecule has 52 valence electrons. The first-order valence-electron chi connectivity index (χ1n) is 2.51. The lowest BCUT2D eigenvalue weighted by atomic mass is 10.6. The zero-order valence-corrected chi connectivity index (χ0v) is 5.51. The molecule has 0 saturated heterocycles. The minimum absolute atomic E-state index is 0.784. The van der Waals surface area contributed by atoms with Crippen LogP contribution in [0.1, 0.15) is 6.92 Å². The zero-order valence-electron chi connectivity index (χ0n) is 5.51. The Hall–Kier alpha value is -1.56. The van der Waals surface area contributed by atoms with Gasteiger partial charge in [0.15, 0.2) is 0 Å². The lowest BCUT2D eigenvalue weighted by Gasteiger charge is -1.88. The summed E-state index contributed by atoms with van der Waals surface area (Å²) in [6.07, 6.45) is 0.898. The summed E-state index contributed by atoms with van der Waals surface area (Å²) in [5.41, 5.74) is 0. The molecule has 0 aromatic carbocycles. The van der Waals surface area contributed by atoms with Gasteiger partial charge in [0, 0.05) is 12.0 Å². The van der Waals surface area contributed by atoms with E-state index >= 15 is 0 Å². The van der Waals surface area contributed by atoms with E-state index in [9.17, 15) is 9.59 Å². The van der Waals surface area contributed by atoms with Crippen molar-refractivity contribution in [3.63, 3.8) is 0 Å². The second-order valence-electron chi connectivity index (χ2n) is 1.29. The van der Waals surface area contributed by atoms with Gasteiger partial charge in [-0.25, -0.2) is 9.59 Å². The molecule has 0 unspecified atom stereocenters. The summed E-state index contributed by atoms with van der Waals surface area (Å²) in [4.78, 5) is 20.6. The van der Waals surface area contributed by atoms with Gasteiger partial charge in [0.1, 0.15) is 0 Å². The Morgan fingerprint density at radius 1 is 1.60 bits per heavy atom. The zero-order chi connectivity index (χ0) is 7.98. The van der Waals surface area contributed by atoms with E-state index in [0.29, 0.717) is 0 Å². The van der Waals surface area contributed by atoms with Crippen LogP contribution in [0.3, 0.4) is 0 Å². The number of ether oxygens (including phenoxy) is 1. The highest BCUT2D eigenvalue weighted by molar-refractivity contribution is 5.99. The van der Waals surface area contributed by atoms with E-state index in [0.717, 1.165) is 6.08 Å². The third-order valence-electron chi connectivity index (χ3n) is 0.587. The summed E-state index contributed by atoms with van der Waals surface area (Å²) < 4.78 is 4.07. The summed E-state index contributed by atoms with van der Waals surface area (Å²) in [5, 5.41) is 0. The Bertz CT molecular complexity index is 217. The van der Waals surface area contributed by atoms with Gasteiger partial charge in [-0.1, -0.05) is 12.5 Å². The van der Waals surface area contributed by atoms with Gasteiger partial charge in [-0.3, -0.25) is 0 Å². The van der Waals surface area contributed by atoms with Crippen molar-refractivity contribution in [3.05, 3.63) is 12.7 Å². The molecule has 0 saturated carbocycles. The van der Waals surface area contributed by atoms with Crippen LogP contribution in [0, 0.1) is 11.8 Å². The molecule has 0 N–H and O–H groups in total. The van der Waals surface area contributed by atoms with Gasteiger partial charge in [-0.15, -0.1) is 0 Å². The Morgan fingerprint density at radius 3 is 2.60 bits per heavy atom. The van der Waals surface area contributed by atoms with Crippen LogP contribution in [0.4, 0.5) is 0 Å². The molecular weight excluding hydrogens is 132 g/mol. The summed E-state index contributed by atoms with van der Waals surface area (Å²) in [6, 6.07) is 0. The summed E-state index contributed by atoms with van der Waals surface area (Å²) in [5.74, 6) is 2.68. The van der Waals surface area contributed by atoms with Crippen LogP contribution in [-0.2, 0) is 14.3 Å². The highest BCUT2D eigenvalue weighted by atomic mass is 16.6. The van der Waals surface area contributed by atoms with Gasteiger partial charge in [0.05, 0.1) is 0 Å². The molecule has 0 amide bonds. The third kappa shape index (κ3) is 3.44. The number of hydrogen-bond acceptors (Lipinski definition) is 3. The van der Waals surface area contributed by atoms with E-state index in [1.54, 1.807) is 0 Å². The molecule has 0 aromatic heterocycles. The molecule has 0 rings (SSSR count). The number of rotatable bonds is 1. The monoisotopic (exact) mass is 138 g/mol. The lowest BCUT2D eigenvalue weighted by Crippen LogP contribution is -2.06. The minimum atomic E-state index is -0.854. The number of hydrogen-bond donors (Lipinski definition) is 0. The first kappa shape index (κ1) is 8.44. The predicted octanol–water partition coefficient (Wildman–Crippen LogP) is 0.265. The molecule has 0 bridgehead atoms. The van der Waals surface area contributed by atoms with E-state index in [1.807, 2.05) is 5.92 Å². The topological polar surface area (TPSA) is 43.4 Å². The average Bonchev–Trinajstić information content (AvgIpc) is 1.88. The van der Waals surface area contributed by atoms with Gasteiger partial charge in [-0.2, -0.15) is 0 Å². The molecule has 3 nitrogen and oxygen atoms in total. The Kier molecular flexibility index (Phi) is 3.66. The van der Waals surface area contributed by atoms with Crippen LogP contribution in [0.2, 0.25) is 0 Å². The predicted molar refractivity (Wildman–Crippen MR) is 34.7 cm³/mol. The van der Waals surface area contributed by atoms with Crippen molar-refractivity contribution in [3.8, 4) is 11.8 Å². The molecule has 0 fully saturated rings. The molecule has 0 heterocycles. The van der Waals surface area contributed by atoms with E-state index in [-0.39, 0.29) is 0 Å². The molecule has 0 atom stereocenters. The molecule has 0 spiro atoms. The van der Waals surface area contributed by atoms with Crippen LogP contribution in [0.15, 0.2) is 12.7 Å². The van der Waals surface area contributed by atoms with Crippen molar-refractivity contribution in [1.82, 2.24) is 0 Å². The van der Waals surface area contributed by atoms with Crippen LogP contribution >= 0.6 is 0 Å². The van der Waals surface area contributed by atoms with Gasteiger partial charge in [0.2, 0.25) is 0 Å². The van der Waals surface area contributed by atoms with Gasteiger partial charge >= 0.3 is 11.9 Å². The van der Waals surface area contributed by atoms with Crippen LogP contribution in [0.25, 0.3) is 0 Å². The fourth-order valence-electron chi connectivity index (χ4n) is 0.261. The molecule has 0 aliphatic heterocycles. The molecular formula is C7H6O3. The molecule has 0 aromatic rings. The van der Waals surface area contributed by atoms with Crippen molar-refractivity contribution in [1.29, 1.82) is 0 Å². The van der Waals surface area contributed by atoms with Gasteiger partial charge < -0.3 is 4.74 Å². The SMILES string of the molecule is C=CC(=O)OC(=O)C#CC. The van der Waals surface area contributed by atoms with E-state index in [1.165, 1.54) is 6.92 Å². The standard InChI is InChI=1S/C7H6O3/c1-3-5-7(9)10-6(8)4-2/h4H,2H2,1H3. The normalized spacial score (nSPS) is 6.90. The molecule has 0 aliphatic rings. The van der Waals surface area contributed by atoms with E-state index in [2.05, 4.69) is 17.2 Å². The maximum absolute atomic E-state index is 10.3. The van der Waals surface area contributed by atoms with Gasteiger partial charge in [-0.05, 0) is 6.92 Å². The second kappa shape index (κ2) is 4.33. The second-order valence-corrected chi connectivity index (χ2v) is 1.29. The number of carbonyl (C=O) groups is 2. The first-order valence-corrected chi connectivity index (χ1v) is 2.51. The first-order chi connectivity index (χ1) is 4.70. The van der Waals surface area contributed by atoms with Crippen molar-refractivity contribution < 1.29 is 14.3 Å². The lowest BCUT2D eigenvalue weighted by molar-refractivity contribution is -0.151. The maximum atomic E-state index is 10.3. The van der Waals surface area contributed by atoms with Crippen molar-refractivity contribution in [2.45, 2.75) is 6.92 Å². The minimum Gasteiger partial charge on any atom is -0.380 e. The van der Waals surface area contributed by atoms with Gasteiger partial charge in [0.25, 0.3) is 0 Å². The largest absolute Gasteiger partial charge is 0.392 e. The fraction of sp³-hybridized carbons (Fsp3) is 0.143. The Morgan fingerprint density at radius 2 is 2.20 bits per heavy atom. The summed E-state index contributed by atoms with van der Waals surface area (Å²) in [7, 11) is 0. The molecule has 0 aliphatic carbocycles. The van der Waals surface area contributed by atoms with Crippen molar-refractivity contribution in [2.24, 2.45) is 0 Å². The molecule has 10 heavy (non-hydrogen) atoms. The van der Waals surface area contributed by atoms with E-state index < -0.39 is 11.9 Å². The highest BCUT2D eigenvalue weighted by Crippen LogP contribution is 1.78. The molecule has 0 radical (unpaired) electrons. The Labute approximate surface area is 58.7 Å². The number of carbonyl (C=O) groups excluding carboxylic acids is 2. The Balaban J connectivity index is 3.88.